The third kappa shape index (κ3) is 5.76. The molecule has 3 N–H and O–H groups in total. The van der Waals surface area contributed by atoms with E-state index in [4.69, 9.17) is 15.2 Å². The first kappa shape index (κ1) is 23.5. The van der Waals surface area contributed by atoms with Crippen molar-refractivity contribution in [2.24, 2.45) is 10.8 Å². The maximum atomic E-state index is 13.2. The SMILES string of the molecule is C[C@H](NC(=O)OC(C)(C)C)[C@@H]1CN(C(=O)C2=NN(c3ccccc3)[C@@H](C(N)=O)C2)CCO1. The van der Waals surface area contributed by atoms with Gasteiger partial charge in [-0.05, 0) is 39.8 Å². The van der Waals surface area contributed by atoms with Crippen LogP contribution in [0, 0.1) is 0 Å². The number of para-hydroxylation sites is 1. The van der Waals surface area contributed by atoms with Crippen LogP contribution in [0.15, 0.2) is 35.4 Å². The maximum Gasteiger partial charge on any atom is 0.407 e. The molecule has 1 aromatic carbocycles. The van der Waals surface area contributed by atoms with Crippen molar-refractivity contribution in [1.29, 1.82) is 0 Å². The average Bonchev–Trinajstić information content (AvgIpc) is 3.18. The standard InChI is InChI=1S/C22H31N5O5/c1-14(24-21(30)32-22(2,3)4)18-13-26(10-11-31-18)20(29)16-12-17(19(23)28)27(25-16)15-8-6-5-7-9-15/h5-9,14,17-18H,10-13H2,1-4H3,(H2,23,28)(H,24,30)/t14-,17+,18-/m0/s1. The molecule has 1 fully saturated rings. The van der Waals surface area contributed by atoms with Gasteiger partial charge in [0.05, 0.1) is 24.4 Å². The molecule has 0 radical (unpaired) electrons. The van der Waals surface area contributed by atoms with E-state index < -0.39 is 29.7 Å². The van der Waals surface area contributed by atoms with Crippen LogP contribution in [0.5, 0.6) is 0 Å². The Morgan fingerprint density at radius 1 is 1.25 bits per heavy atom. The fraction of sp³-hybridized carbons (Fsp3) is 0.545. The van der Waals surface area contributed by atoms with E-state index >= 15 is 0 Å². The summed E-state index contributed by atoms with van der Waals surface area (Å²) in [5.74, 6) is -0.817. The van der Waals surface area contributed by atoms with Crippen molar-refractivity contribution in [3.8, 4) is 0 Å². The highest BCUT2D eigenvalue weighted by atomic mass is 16.6. The number of hydrazone groups is 1. The van der Waals surface area contributed by atoms with Crippen molar-refractivity contribution in [2.75, 3.05) is 24.7 Å². The van der Waals surface area contributed by atoms with E-state index in [-0.39, 0.29) is 30.6 Å². The summed E-state index contributed by atoms with van der Waals surface area (Å²) in [7, 11) is 0. The largest absolute Gasteiger partial charge is 0.444 e. The summed E-state index contributed by atoms with van der Waals surface area (Å²) in [5.41, 5.74) is 5.92. The van der Waals surface area contributed by atoms with Crippen LogP contribution in [0.1, 0.15) is 34.1 Å². The second-order valence-corrected chi connectivity index (χ2v) is 8.94. The Kier molecular flexibility index (Phi) is 7.02. The van der Waals surface area contributed by atoms with Gasteiger partial charge in [-0.15, -0.1) is 0 Å². The van der Waals surface area contributed by atoms with Gasteiger partial charge in [0, 0.05) is 19.5 Å². The number of benzene rings is 1. The van der Waals surface area contributed by atoms with Gasteiger partial charge in [-0.1, -0.05) is 18.2 Å². The van der Waals surface area contributed by atoms with Gasteiger partial charge >= 0.3 is 6.09 Å². The van der Waals surface area contributed by atoms with E-state index in [9.17, 15) is 14.4 Å². The molecule has 0 spiro atoms. The Hall–Kier alpha value is -3.14. The lowest BCUT2D eigenvalue weighted by Gasteiger charge is -2.36. The summed E-state index contributed by atoms with van der Waals surface area (Å²) in [6, 6.07) is 8.03. The number of alkyl carbamates (subject to hydrolysis) is 1. The zero-order chi connectivity index (χ0) is 23.5. The molecule has 3 rings (SSSR count). The lowest BCUT2D eigenvalue weighted by atomic mass is 10.1. The van der Waals surface area contributed by atoms with E-state index in [1.54, 1.807) is 32.6 Å². The van der Waals surface area contributed by atoms with E-state index in [2.05, 4.69) is 10.4 Å². The zero-order valence-electron chi connectivity index (χ0n) is 18.9. The summed E-state index contributed by atoms with van der Waals surface area (Å²) in [5, 5.41) is 8.68. The van der Waals surface area contributed by atoms with E-state index in [1.165, 1.54) is 5.01 Å². The molecule has 2 aliphatic heterocycles. The quantitative estimate of drug-likeness (QED) is 0.702. The summed E-state index contributed by atoms with van der Waals surface area (Å²) < 4.78 is 11.1. The van der Waals surface area contributed by atoms with Crippen molar-refractivity contribution < 1.29 is 23.9 Å². The number of anilines is 1. The Bertz CT molecular complexity index is 882. The van der Waals surface area contributed by atoms with Crippen molar-refractivity contribution in [3.05, 3.63) is 30.3 Å². The number of nitrogens with two attached hydrogens (primary N) is 1. The second kappa shape index (κ2) is 9.56. The number of carbonyl (C=O) groups excluding carboxylic acids is 3. The zero-order valence-corrected chi connectivity index (χ0v) is 18.9. The first-order valence-corrected chi connectivity index (χ1v) is 10.7. The number of nitrogens with zero attached hydrogens (tertiary/aromatic N) is 3. The number of nitrogens with one attached hydrogen (secondary N) is 1. The highest BCUT2D eigenvalue weighted by Crippen LogP contribution is 2.25. The molecule has 0 aromatic heterocycles. The van der Waals surface area contributed by atoms with Crippen molar-refractivity contribution in [1.82, 2.24) is 10.2 Å². The van der Waals surface area contributed by atoms with Gasteiger partial charge < -0.3 is 25.4 Å². The molecular weight excluding hydrogens is 414 g/mol. The topological polar surface area (TPSA) is 127 Å². The van der Waals surface area contributed by atoms with E-state index in [0.29, 0.717) is 18.8 Å². The molecule has 2 aliphatic rings. The summed E-state index contributed by atoms with van der Waals surface area (Å²) in [6.07, 6.45) is -0.809. The molecule has 32 heavy (non-hydrogen) atoms. The predicted octanol–water partition coefficient (Wildman–Crippen LogP) is 1.25. The normalized spacial score (nSPS) is 22.2. The van der Waals surface area contributed by atoms with Gasteiger partial charge in [0.15, 0.2) is 0 Å². The van der Waals surface area contributed by atoms with Crippen LogP contribution < -0.4 is 16.1 Å². The van der Waals surface area contributed by atoms with Gasteiger partial charge in [-0.3, -0.25) is 14.6 Å². The number of amides is 3. The molecule has 10 heteroatoms. The highest BCUT2D eigenvalue weighted by Gasteiger charge is 2.38. The van der Waals surface area contributed by atoms with Crippen LogP contribution in [0.2, 0.25) is 0 Å². The maximum absolute atomic E-state index is 13.2. The molecule has 0 unspecified atom stereocenters. The fourth-order valence-corrected chi connectivity index (χ4v) is 3.61. The number of hydrogen-bond acceptors (Lipinski definition) is 7. The van der Waals surface area contributed by atoms with Crippen molar-refractivity contribution in [3.63, 3.8) is 0 Å². The number of hydrogen-bond donors (Lipinski definition) is 2. The molecule has 1 saturated heterocycles. The van der Waals surface area contributed by atoms with Crippen LogP contribution in [-0.2, 0) is 19.1 Å². The third-order valence-electron chi connectivity index (χ3n) is 5.19. The number of carbonyl (C=O) groups is 3. The molecule has 3 amide bonds. The van der Waals surface area contributed by atoms with Gasteiger partial charge in [-0.25, -0.2) is 4.79 Å². The van der Waals surface area contributed by atoms with Crippen LogP contribution in [0.25, 0.3) is 0 Å². The average molecular weight is 446 g/mol. The highest BCUT2D eigenvalue weighted by molar-refractivity contribution is 6.40. The summed E-state index contributed by atoms with van der Waals surface area (Å²) in [6.45, 7) is 8.16. The Balaban J connectivity index is 1.67. The lowest BCUT2D eigenvalue weighted by molar-refractivity contribution is -0.132. The number of primary amides is 1. The van der Waals surface area contributed by atoms with Gasteiger partial charge in [0.1, 0.15) is 17.4 Å². The van der Waals surface area contributed by atoms with Crippen molar-refractivity contribution >= 4 is 29.3 Å². The molecule has 2 heterocycles. The van der Waals surface area contributed by atoms with Crippen LogP contribution >= 0.6 is 0 Å². The van der Waals surface area contributed by atoms with Crippen molar-refractivity contribution in [2.45, 2.75) is 57.9 Å². The Labute approximate surface area is 187 Å². The van der Waals surface area contributed by atoms with Crippen LogP contribution in [0.3, 0.4) is 0 Å². The smallest absolute Gasteiger partial charge is 0.407 e. The monoisotopic (exact) mass is 445 g/mol. The molecule has 0 saturated carbocycles. The minimum atomic E-state index is -0.721. The van der Waals surface area contributed by atoms with Gasteiger partial charge in [-0.2, -0.15) is 5.10 Å². The molecule has 3 atom stereocenters. The first-order valence-electron chi connectivity index (χ1n) is 10.7. The second-order valence-electron chi connectivity index (χ2n) is 8.94. The predicted molar refractivity (Wildman–Crippen MR) is 119 cm³/mol. The third-order valence-corrected chi connectivity index (χ3v) is 5.19. The summed E-state index contributed by atoms with van der Waals surface area (Å²) in [4.78, 5) is 38.9. The number of rotatable bonds is 5. The molecule has 1 aromatic rings. The van der Waals surface area contributed by atoms with E-state index in [0.717, 1.165) is 0 Å². The summed E-state index contributed by atoms with van der Waals surface area (Å²) >= 11 is 0. The minimum Gasteiger partial charge on any atom is -0.444 e. The fourth-order valence-electron chi connectivity index (χ4n) is 3.61. The number of morpholine rings is 1. The van der Waals surface area contributed by atoms with E-state index in [1.807, 2.05) is 30.3 Å². The first-order chi connectivity index (χ1) is 15.0. The van der Waals surface area contributed by atoms with Gasteiger partial charge in [0.25, 0.3) is 5.91 Å². The molecule has 174 valence electrons. The van der Waals surface area contributed by atoms with Gasteiger partial charge in [0.2, 0.25) is 5.91 Å². The molecule has 10 nitrogen and oxygen atoms in total. The number of ether oxygens (including phenoxy) is 2. The molecular formula is C22H31N5O5. The lowest BCUT2D eigenvalue weighted by Crippen LogP contribution is -2.55. The Morgan fingerprint density at radius 2 is 1.94 bits per heavy atom. The van der Waals surface area contributed by atoms with Crippen LogP contribution in [-0.4, -0.2) is 72.0 Å². The molecule has 0 aliphatic carbocycles. The Morgan fingerprint density at radius 3 is 2.56 bits per heavy atom. The molecule has 0 bridgehead atoms. The van der Waals surface area contributed by atoms with Crippen LogP contribution in [0.4, 0.5) is 10.5 Å². The minimum absolute atomic E-state index is 0.136.